The second kappa shape index (κ2) is 7.67. The van der Waals surface area contributed by atoms with Crippen molar-refractivity contribution in [2.75, 3.05) is 0 Å². The van der Waals surface area contributed by atoms with Crippen LogP contribution in [0.4, 0.5) is 0 Å². The molecule has 0 aromatic heterocycles. The van der Waals surface area contributed by atoms with Crippen molar-refractivity contribution < 1.29 is 9.53 Å². The van der Waals surface area contributed by atoms with Gasteiger partial charge in [-0.1, -0.05) is 42.4 Å². The molecule has 4 nitrogen and oxygen atoms in total. The Morgan fingerprint density at radius 1 is 1.16 bits per heavy atom. The Labute approximate surface area is 114 Å². The van der Waals surface area contributed by atoms with Crippen LogP contribution in [0.2, 0.25) is 0 Å². The van der Waals surface area contributed by atoms with Crippen LogP contribution in [0, 0.1) is 4.91 Å². The predicted octanol–water partition coefficient (Wildman–Crippen LogP) is 3.66. The van der Waals surface area contributed by atoms with Gasteiger partial charge >= 0.3 is 5.97 Å². The van der Waals surface area contributed by atoms with E-state index in [0.29, 0.717) is 6.42 Å². The summed E-state index contributed by atoms with van der Waals surface area (Å²) >= 11 is 0. The van der Waals surface area contributed by atoms with Gasteiger partial charge in [-0.2, -0.15) is 0 Å². The van der Waals surface area contributed by atoms with Crippen molar-refractivity contribution in [2.45, 2.75) is 51.7 Å². The Balaban J connectivity index is 2.49. The molecule has 0 saturated carbocycles. The van der Waals surface area contributed by atoms with Crippen molar-refractivity contribution >= 4 is 5.97 Å². The molecule has 0 aliphatic rings. The van der Waals surface area contributed by atoms with E-state index >= 15 is 0 Å². The van der Waals surface area contributed by atoms with Crippen molar-refractivity contribution in [1.29, 1.82) is 0 Å². The second-order valence-electron chi connectivity index (χ2n) is 5.00. The maximum Gasteiger partial charge on any atom is 0.334 e. The van der Waals surface area contributed by atoms with Crippen LogP contribution in [0.25, 0.3) is 0 Å². The van der Waals surface area contributed by atoms with Crippen molar-refractivity contribution in [3.8, 4) is 0 Å². The lowest BCUT2D eigenvalue weighted by atomic mass is 9.94. The molecular formula is C15H21NO3. The number of esters is 1. The fraction of sp³-hybridized carbons (Fsp3) is 0.533. The van der Waals surface area contributed by atoms with Crippen molar-refractivity contribution in [3.05, 3.63) is 40.8 Å². The van der Waals surface area contributed by atoms with Crippen molar-refractivity contribution in [1.82, 2.24) is 0 Å². The summed E-state index contributed by atoms with van der Waals surface area (Å²) in [4.78, 5) is 22.3. The van der Waals surface area contributed by atoms with Crippen LogP contribution in [0.5, 0.6) is 0 Å². The number of hydrogen-bond acceptors (Lipinski definition) is 4. The summed E-state index contributed by atoms with van der Waals surface area (Å²) < 4.78 is 5.01. The number of carbonyl (C=O) groups is 1. The fourth-order valence-corrected chi connectivity index (χ4v) is 1.88. The summed E-state index contributed by atoms with van der Waals surface area (Å²) in [5.41, 5.74) is 1.20. The quantitative estimate of drug-likeness (QED) is 0.557. The van der Waals surface area contributed by atoms with Crippen molar-refractivity contribution in [2.24, 2.45) is 5.18 Å². The molecular weight excluding hydrogens is 242 g/mol. The highest BCUT2D eigenvalue weighted by molar-refractivity contribution is 5.76. The summed E-state index contributed by atoms with van der Waals surface area (Å²) in [6.07, 6.45) is 0.932. The molecule has 0 aliphatic carbocycles. The van der Waals surface area contributed by atoms with Gasteiger partial charge in [-0.25, -0.2) is 4.79 Å². The van der Waals surface area contributed by atoms with E-state index in [1.54, 1.807) is 13.8 Å². The molecule has 1 rings (SSSR count). The first-order valence-electron chi connectivity index (χ1n) is 6.62. The van der Waals surface area contributed by atoms with Crippen molar-refractivity contribution in [3.63, 3.8) is 0 Å². The highest BCUT2D eigenvalue weighted by Gasteiger charge is 2.22. The van der Waals surface area contributed by atoms with Crippen LogP contribution in [0.3, 0.4) is 0 Å². The lowest BCUT2D eigenvalue weighted by Gasteiger charge is -2.15. The lowest BCUT2D eigenvalue weighted by Crippen LogP contribution is -2.24. The Bertz CT molecular complexity index is 403. The molecule has 2 unspecified atom stereocenters. The zero-order chi connectivity index (χ0) is 14.3. The van der Waals surface area contributed by atoms with Crippen LogP contribution in [-0.2, 0) is 9.53 Å². The highest BCUT2D eigenvalue weighted by Crippen LogP contribution is 2.22. The van der Waals surface area contributed by atoms with Gasteiger partial charge in [0.2, 0.25) is 0 Å². The van der Waals surface area contributed by atoms with E-state index in [1.807, 2.05) is 30.3 Å². The molecule has 19 heavy (non-hydrogen) atoms. The van der Waals surface area contributed by atoms with Gasteiger partial charge in [0.25, 0.3) is 0 Å². The Kier molecular flexibility index (Phi) is 6.19. The van der Waals surface area contributed by atoms with Crippen LogP contribution < -0.4 is 0 Å². The van der Waals surface area contributed by atoms with Gasteiger partial charge in [0.1, 0.15) is 0 Å². The van der Waals surface area contributed by atoms with E-state index in [9.17, 15) is 9.70 Å². The Morgan fingerprint density at radius 2 is 1.79 bits per heavy atom. The van der Waals surface area contributed by atoms with Crippen LogP contribution in [-0.4, -0.2) is 18.1 Å². The maximum atomic E-state index is 11.6. The summed E-state index contributed by atoms with van der Waals surface area (Å²) in [5.74, 6) is -0.234. The molecule has 0 fully saturated rings. The van der Waals surface area contributed by atoms with E-state index in [4.69, 9.17) is 4.74 Å². The molecule has 0 amide bonds. The third-order valence-corrected chi connectivity index (χ3v) is 2.99. The summed E-state index contributed by atoms with van der Waals surface area (Å²) in [6, 6.07) is 9.11. The minimum Gasteiger partial charge on any atom is -0.461 e. The van der Waals surface area contributed by atoms with Gasteiger partial charge in [-0.3, -0.25) is 0 Å². The number of ether oxygens (including phenoxy) is 1. The molecule has 0 aliphatic heterocycles. The van der Waals surface area contributed by atoms with Crippen LogP contribution in [0.1, 0.15) is 45.1 Å². The van der Waals surface area contributed by atoms with E-state index in [2.05, 4.69) is 12.1 Å². The Hall–Kier alpha value is -1.71. The first kappa shape index (κ1) is 15.3. The molecule has 2 atom stereocenters. The van der Waals surface area contributed by atoms with Crippen LogP contribution in [0.15, 0.2) is 35.5 Å². The molecule has 0 spiro atoms. The highest BCUT2D eigenvalue weighted by atomic mass is 16.5. The first-order valence-corrected chi connectivity index (χ1v) is 6.62. The average molecular weight is 263 g/mol. The van der Waals surface area contributed by atoms with Gasteiger partial charge in [0, 0.05) is 0 Å². The largest absolute Gasteiger partial charge is 0.461 e. The summed E-state index contributed by atoms with van der Waals surface area (Å²) in [6.45, 7) is 5.59. The smallest absolute Gasteiger partial charge is 0.334 e. The van der Waals surface area contributed by atoms with Crippen LogP contribution >= 0.6 is 0 Å². The minimum atomic E-state index is -0.895. The Morgan fingerprint density at radius 3 is 2.32 bits per heavy atom. The molecule has 4 heteroatoms. The van der Waals surface area contributed by atoms with Gasteiger partial charge in [-0.15, -0.1) is 4.91 Å². The first-order chi connectivity index (χ1) is 9.04. The molecule has 0 N–H and O–H groups in total. The topological polar surface area (TPSA) is 55.7 Å². The molecule has 0 heterocycles. The number of nitrogens with zero attached hydrogens (tertiary/aromatic N) is 1. The standard InChI is InChI=1S/C15H21NO3/c1-11(2)19-15(17)14(16-18)10-9-12(3)13-7-5-4-6-8-13/h4-8,11-12,14H,9-10H2,1-3H3. The lowest BCUT2D eigenvalue weighted by molar-refractivity contribution is -0.149. The minimum absolute atomic E-state index is 0.219. The number of nitroso groups, excluding NO2 is 1. The molecule has 104 valence electrons. The molecule has 1 aromatic rings. The maximum absolute atomic E-state index is 11.6. The zero-order valence-corrected chi connectivity index (χ0v) is 11.7. The molecule has 0 saturated heterocycles. The van der Waals surface area contributed by atoms with Gasteiger partial charge < -0.3 is 4.74 Å². The molecule has 0 bridgehead atoms. The van der Waals surface area contributed by atoms with E-state index < -0.39 is 12.0 Å². The van der Waals surface area contributed by atoms with Gasteiger partial charge in [0.15, 0.2) is 6.04 Å². The summed E-state index contributed by atoms with van der Waals surface area (Å²) in [7, 11) is 0. The second-order valence-corrected chi connectivity index (χ2v) is 5.00. The molecule has 0 radical (unpaired) electrons. The fourth-order valence-electron chi connectivity index (χ4n) is 1.88. The van der Waals surface area contributed by atoms with E-state index in [0.717, 1.165) is 6.42 Å². The SMILES string of the molecule is CC(C)OC(=O)C(CCC(C)c1ccccc1)N=O. The monoisotopic (exact) mass is 263 g/mol. The third-order valence-electron chi connectivity index (χ3n) is 2.99. The number of carbonyl (C=O) groups excluding carboxylic acids is 1. The van der Waals surface area contributed by atoms with E-state index in [1.165, 1.54) is 5.56 Å². The summed E-state index contributed by atoms with van der Waals surface area (Å²) in [5, 5.41) is 2.88. The molecule has 1 aromatic carbocycles. The van der Waals surface area contributed by atoms with E-state index in [-0.39, 0.29) is 12.0 Å². The predicted molar refractivity (Wildman–Crippen MR) is 74.9 cm³/mol. The average Bonchev–Trinajstić information content (AvgIpc) is 2.39. The number of rotatable bonds is 7. The normalized spacial score (nSPS) is 13.9. The van der Waals surface area contributed by atoms with Gasteiger partial charge in [0.05, 0.1) is 6.10 Å². The number of hydrogen-bond donors (Lipinski definition) is 0. The van der Waals surface area contributed by atoms with Gasteiger partial charge in [-0.05, 0) is 38.2 Å². The zero-order valence-electron chi connectivity index (χ0n) is 11.7. The third kappa shape index (κ3) is 5.20. The number of benzene rings is 1.